The van der Waals surface area contributed by atoms with Crippen LogP contribution in [0.2, 0.25) is 0 Å². The molecule has 250 valence electrons. The summed E-state index contributed by atoms with van der Waals surface area (Å²) in [5.74, 6) is 5.53. The smallest absolute Gasteiger partial charge is 0.273 e. The van der Waals surface area contributed by atoms with Gasteiger partial charge in [0.15, 0.2) is 0 Å². The Balaban J connectivity index is 0.908. The Morgan fingerprint density at radius 2 is 1.66 bits per heavy atom. The molecule has 0 radical (unpaired) electrons. The first kappa shape index (κ1) is 31.3. The molecule has 1 N–H and O–H groups in total. The fourth-order valence-corrected chi connectivity index (χ4v) is 12.0. The Bertz CT molecular complexity index is 1600. The number of para-hydroxylation sites is 1. The van der Waals surface area contributed by atoms with Crippen molar-refractivity contribution in [1.29, 1.82) is 0 Å². The quantitative estimate of drug-likeness (QED) is 0.434. The van der Waals surface area contributed by atoms with Crippen molar-refractivity contribution >= 4 is 22.7 Å². The van der Waals surface area contributed by atoms with Gasteiger partial charge in [0.05, 0.1) is 5.52 Å². The van der Waals surface area contributed by atoms with E-state index in [0.29, 0.717) is 41.4 Å². The molecule has 47 heavy (non-hydrogen) atoms. The van der Waals surface area contributed by atoms with Gasteiger partial charge in [-0.2, -0.15) is 0 Å². The van der Waals surface area contributed by atoms with Crippen molar-refractivity contribution in [3.05, 3.63) is 42.1 Å². The molecule has 8 rings (SSSR count). The van der Waals surface area contributed by atoms with Gasteiger partial charge in [0.1, 0.15) is 17.3 Å². The number of rotatable bonds is 3. The van der Waals surface area contributed by atoms with E-state index in [4.69, 9.17) is 6.42 Å². The summed E-state index contributed by atoms with van der Waals surface area (Å²) < 4.78 is 0. The summed E-state index contributed by atoms with van der Waals surface area (Å²) in [5.41, 5.74) is 0.472. The normalized spacial score (nSPS) is 40.4. The third-order valence-corrected chi connectivity index (χ3v) is 14.7. The van der Waals surface area contributed by atoms with Gasteiger partial charge >= 0.3 is 0 Å². The van der Waals surface area contributed by atoms with Crippen LogP contribution in [0.3, 0.4) is 0 Å². The number of aromatic nitrogens is 1. The van der Waals surface area contributed by atoms with Crippen LogP contribution in [0.15, 0.2) is 36.4 Å². The van der Waals surface area contributed by atoms with Crippen LogP contribution in [0.4, 0.5) is 0 Å². The second-order valence-corrected chi connectivity index (χ2v) is 16.5. The second-order valence-electron chi connectivity index (χ2n) is 16.5. The minimum Gasteiger partial charge on any atom is -0.377 e. The molecule has 6 aliphatic rings. The SMILES string of the molecule is C#C[C@]1(O)CCC2C3CCC4CC[C@@H](N5CCN(C(=O)C6CCCN6C(=O)c6ccc7ccccc7n6)CC5)CC4(C)C3CC[C@@]21C. The number of amides is 2. The fraction of sp³-hybridized carbons (Fsp3) is 0.675. The molecule has 6 fully saturated rings. The molecule has 2 amide bonds. The molecule has 2 aromatic rings. The Kier molecular flexibility index (Phi) is 7.72. The molecule has 9 atom stereocenters. The predicted molar refractivity (Wildman–Crippen MR) is 183 cm³/mol. The molecule has 0 spiro atoms. The van der Waals surface area contributed by atoms with Crippen LogP contribution in [-0.2, 0) is 4.79 Å². The van der Waals surface area contributed by atoms with Crippen molar-refractivity contribution in [1.82, 2.24) is 19.7 Å². The molecule has 2 saturated heterocycles. The molecular formula is C40H52N4O3. The highest BCUT2D eigenvalue weighted by Gasteiger charge is 2.64. The third kappa shape index (κ3) is 4.87. The van der Waals surface area contributed by atoms with Crippen LogP contribution >= 0.6 is 0 Å². The number of fused-ring (bicyclic) bond motifs is 6. The number of nitrogens with zero attached hydrogens (tertiary/aromatic N) is 4. The minimum absolute atomic E-state index is 0.107. The van der Waals surface area contributed by atoms with Crippen LogP contribution in [0.5, 0.6) is 0 Å². The second kappa shape index (κ2) is 11.6. The van der Waals surface area contributed by atoms with Gasteiger partial charge < -0.3 is 14.9 Å². The Hall–Kier alpha value is -2.95. The molecular weight excluding hydrogens is 584 g/mol. The molecule has 1 aromatic heterocycles. The largest absolute Gasteiger partial charge is 0.377 e. The summed E-state index contributed by atoms with van der Waals surface area (Å²) in [4.78, 5) is 38.6. The first-order chi connectivity index (χ1) is 22.6. The Morgan fingerprint density at radius 3 is 2.47 bits per heavy atom. The van der Waals surface area contributed by atoms with E-state index in [0.717, 1.165) is 75.1 Å². The van der Waals surface area contributed by atoms with Crippen molar-refractivity contribution in [2.45, 2.75) is 102 Å². The fourth-order valence-electron chi connectivity index (χ4n) is 12.0. The van der Waals surface area contributed by atoms with E-state index >= 15 is 0 Å². The van der Waals surface area contributed by atoms with Crippen LogP contribution in [0, 0.1) is 46.8 Å². The lowest BCUT2D eigenvalue weighted by atomic mass is 9.44. The molecule has 7 nitrogen and oxygen atoms in total. The molecule has 2 aliphatic heterocycles. The molecule has 4 saturated carbocycles. The van der Waals surface area contributed by atoms with Crippen molar-refractivity contribution in [3.8, 4) is 12.3 Å². The number of benzene rings is 1. The van der Waals surface area contributed by atoms with Crippen LogP contribution in [-0.4, -0.2) is 87.0 Å². The lowest BCUT2D eigenvalue weighted by molar-refractivity contribution is -0.146. The first-order valence-electron chi connectivity index (χ1n) is 18.5. The molecule has 4 aliphatic carbocycles. The zero-order valence-electron chi connectivity index (χ0n) is 28.4. The minimum atomic E-state index is -0.942. The summed E-state index contributed by atoms with van der Waals surface area (Å²) in [6, 6.07) is 11.7. The number of hydrogen-bond donors (Lipinski definition) is 1. The highest BCUT2D eigenvalue weighted by atomic mass is 16.3. The summed E-state index contributed by atoms with van der Waals surface area (Å²) in [5, 5.41) is 12.4. The van der Waals surface area contributed by atoms with Gasteiger partial charge in [-0.3, -0.25) is 14.5 Å². The summed E-state index contributed by atoms with van der Waals surface area (Å²) in [6.45, 7) is 8.80. The standard InChI is InChI=1S/C40H52N4O3/c1-4-40(47)20-18-32-30-15-13-28-12-14-29(26-38(28,2)31(30)17-19-39(32,40)3)42-22-24-43(25-23-42)37(46)35-10-7-21-44(35)36(45)34-16-11-27-8-5-6-9-33(27)41-34/h1,5-6,8-9,11,16,28-32,35,47H,7,10,12-15,17-26H2,2-3H3/t28?,29-,30?,31?,32?,35?,38?,39+,40+/m1/s1. The first-order valence-corrected chi connectivity index (χ1v) is 18.5. The maximum atomic E-state index is 13.9. The maximum absolute atomic E-state index is 13.9. The monoisotopic (exact) mass is 636 g/mol. The van der Waals surface area contributed by atoms with Crippen molar-refractivity contribution < 1.29 is 14.7 Å². The van der Waals surface area contributed by atoms with E-state index in [2.05, 4.69) is 29.7 Å². The van der Waals surface area contributed by atoms with E-state index in [1.54, 1.807) is 11.0 Å². The molecule has 0 bridgehead atoms. The summed E-state index contributed by atoms with van der Waals surface area (Å²) in [6.07, 6.45) is 18.0. The Morgan fingerprint density at radius 1 is 0.894 bits per heavy atom. The lowest BCUT2D eigenvalue weighted by Gasteiger charge is -2.62. The number of likely N-dealkylation sites (tertiary alicyclic amines) is 1. The van der Waals surface area contributed by atoms with Gasteiger partial charge in [0, 0.05) is 49.6 Å². The lowest BCUT2D eigenvalue weighted by Crippen LogP contribution is -2.60. The van der Waals surface area contributed by atoms with Crippen molar-refractivity contribution in [2.75, 3.05) is 32.7 Å². The van der Waals surface area contributed by atoms with Crippen molar-refractivity contribution in [2.24, 2.45) is 34.5 Å². The number of carbonyl (C=O) groups excluding carboxylic acids is 2. The Labute approximate surface area is 280 Å². The topological polar surface area (TPSA) is 77.0 Å². The van der Waals surface area contributed by atoms with E-state index in [-0.39, 0.29) is 17.2 Å². The number of aliphatic hydroxyl groups is 1. The number of pyridine rings is 1. The van der Waals surface area contributed by atoms with Gasteiger partial charge in [-0.05, 0) is 112 Å². The van der Waals surface area contributed by atoms with Gasteiger partial charge in [-0.1, -0.05) is 44.0 Å². The molecule has 7 heteroatoms. The van der Waals surface area contributed by atoms with E-state index < -0.39 is 11.6 Å². The average Bonchev–Trinajstić information content (AvgIpc) is 3.70. The summed E-state index contributed by atoms with van der Waals surface area (Å²) in [7, 11) is 0. The van der Waals surface area contributed by atoms with Crippen LogP contribution < -0.4 is 0 Å². The highest BCUT2D eigenvalue weighted by Crippen LogP contribution is 2.68. The number of carbonyl (C=O) groups is 2. The third-order valence-electron chi connectivity index (χ3n) is 14.7. The van der Waals surface area contributed by atoms with E-state index in [1.807, 2.05) is 35.2 Å². The molecule has 3 heterocycles. The maximum Gasteiger partial charge on any atom is 0.273 e. The van der Waals surface area contributed by atoms with Gasteiger partial charge in [-0.15, -0.1) is 6.42 Å². The number of hydrogen-bond acceptors (Lipinski definition) is 5. The van der Waals surface area contributed by atoms with E-state index in [1.165, 1.54) is 38.5 Å². The number of terminal acetylenes is 1. The molecule has 1 aromatic carbocycles. The van der Waals surface area contributed by atoms with Crippen molar-refractivity contribution in [3.63, 3.8) is 0 Å². The zero-order chi connectivity index (χ0) is 32.6. The molecule has 6 unspecified atom stereocenters. The van der Waals surface area contributed by atoms with Gasteiger partial charge in [-0.25, -0.2) is 4.98 Å². The number of piperazine rings is 1. The van der Waals surface area contributed by atoms with Gasteiger partial charge in [0.25, 0.3) is 5.91 Å². The van der Waals surface area contributed by atoms with Crippen LogP contribution in [0.25, 0.3) is 10.9 Å². The summed E-state index contributed by atoms with van der Waals surface area (Å²) >= 11 is 0. The zero-order valence-corrected chi connectivity index (χ0v) is 28.4. The van der Waals surface area contributed by atoms with Crippen LogP contribution in [0.1, 0.15) is 95.0 Å². The van der Waals surface area contributed by atoms with E-state index in [9.17, 15) is 14.7 Å². The highest BCUT2D eigenvalue weighted by molar-refractivity contribution is 5.98. The predicted octanol–water partition coefficient (Wildman–Crippen LogP) is 5.76. The van der Waals surface area contributed by atoms with Gasteiger partial charge in [0.2, 0.25) is 5.91 Å². The average molecular weight is 637 g/mol.